The highest BCUT2D eigenvalue weighted by molar-refractivity contribution is 7.99. The summed E-state index contributed by atoms with van der Waals surface area (Å²) >= 11 is 8.07. The summed E-state index contributed by atoms with van der Waals surface area (Å²) in [5.41, 5.74) is 1.12. The lowest BCUT2D eigenvalue weighted by molar-refractivity contribution is 0.154. The molecule has 3 aromatic carbocycles. The van der Waals surface area contributed by atoms with Gasteiger partial charge in [-0.1, -0.05) is 53.7 Å². The fraction of sp³-hybridized carbons (Fsp3) is 0.333. The number of nitrogens with one attached hydrogen (secondary N) is 1. The van der Waals surface area contributed by atoms with Crippen LogP contribution in [-0.4, -0.2) is 56.1 Å². The van der Waals surface area contributed by atoms with Gasteiger partial charge in [-0.3, -0.25) is 0 Å². The topological polar surface area (TPSA) is 18.5 Å². The number of hydrogen-bond acceptors (Lipinski definition) is 4. The van der Waals surface area contributed by atoms with Gasteiger partial charge in [0.25, 0.3) is 0 Å². The first-order valence-electron chi connectivity index (χ1n) is 10.3. The average Bonchev–Trinajstić information content (AvgIpc) is 2.74. The molecule has 0 aromatic heterocycles. The van der Waals surface area contributed by atoms with Crippen molar-refractivity contribution >= 4 is 39.8 Å². The Hall–Kier alpha value is -1.72. The van der Waals surface area contributed by atoms with E-state index in [-0.39, 0.29) is 0 Å². The molecule has 3 nitrogen and oxygen atoms in total. The van der Waals surface area contributed by atoms with E-state index in [2.05, 4.69) is 70.7 Å². The molecular formula is C24H28ClN3S. The molecule has 5 heteroatoms. The molecular weight excluding hydrogens is 398 g/mol. The Bertz CT molecular complexity index is 954. The molecule has 0 amide bonds. The second-order valence-electron chi connectivity index (χ2n) is 7.68. The Balaban J connectivity index is 1.37. The zero-order valence-electron chi connectivity index (χ0n) is 16.9. The predicted octanol–water partition coefficient (Wildman–Crippen LogP) is 5.69. The van der Waals surface area contributed by atoms with Crippen molar-refractivity contribution in [3.8, 4) is 0 Å². The first kappa shape index (κ1) is 20.5. The highest BCUT2D eigenvalue weighted by Crippen LogP contribution is 2.36. The molecule has 3 aromatic rings. The molecule has 0 bridgehead atoms. The van der Waals surface area contributed by atoms with E-state index in [9.17, 15) is 0 Å². The van der Waals surface area contributed by atoms with Crippen LogP contribution in [0, 0.1) is 0 Å². The van der Waals surface area contributed by atoms with Crippen LogP contribution in [-0.2, 0) is 0 Å². The monoisotopic (exact) mass is 425 g/mol. The van der Waals surface area contributed by atoms with Crippen LogP contribution in [0.25, 0.3) is 10.8 Å². The minimum atomic E-state index is 0.773. The van der Waals surface area contributed by atoms with Crippen molar-refractivity contribution in [2.24, 2.45) is 0 Å². The summed E-state index contributed by atoms with van der Waals surface area (Å²) in [5, 5.41) is 6.93. The Morgan fingerprint density at radius 1 is 0.931 bits per heavy atom. The van der Waals surface area contributed by atoms with E-state index in [0.717, 1.165) is 30.2 Å². The van der Waals surface area contributed by atoms with Crippen molar-refractivity contribution in [1.29, 1.82) is 0 Å². The van der Waals surface area contributed by atoms with Gasteiger partial charge in [0.1, 0.15) is 0 Å². The number of likely N-dealkylation sites (N-methyl/N-ethyl adjacent to an activating group) is 1. The van der Waals surface area contributed by atoms with Crippen molar-refractivity contribution in [3.05, 3.63) is 65.7 Å². The minimum Gasteiger partial charge on any atom is -0.384 e. The van der Waals surface area contributed by atoms with Crippen molar-refractivity contribution in [1.82, 2.24) is 9.80 Å². The molecule has 0 atom stereocenters. The van der Waals surface area contributed by atoms with Gasteiger partial charge in [-0.25, -0.2) is 0 Å². The van der Waals surface area contributed by atoms with Gasteiger partial charge in [0.15, 0.2) is 0 Å². The zero-order valence-corrected chi connectivity index (χ0v) is 18.5. The molecule has 1 aliphatic heterocycles. The van der Waals surface area contributed by atoms with Gasteiger partial charge < -0.3 is 15.1 Å². The van der Waals surface area contributed by atoms with Crippen LogP contribution in [0.15, 0.2) is 70.5 Å². The Kier molecular flexibility index (Phi) is 6.98. The summed E-state index contributed by atoms with van der Waals surface area (Å²) in [6, 6.07) is 21.3. The quantitative estimate of drug-likeness (QED) is 0.489. The average molecular weight is 426 g/mol. The highest BCUT2D eigenvalue weighted by atomic mass is 35.5. The third kappa shape index (κ3) is 5.67. The maximum Gasteiger partial charge on any atom is 0.0496 e. The highest BCUT2D eigenvalue weighted by Gasteiger charge is 2.13. The summed E-state index contributed by atoms with van der Waals surface area (Å²) in [6.45, 7) is 6.81. The van der Waals surface area contributed by atoms with E-state index in [1.807, 2.05) is 12.1 Å². The molecule has 0 saturated carbocycles. The molecule has 29 heavy (non-hydrogen) atoms. The summed E-state index contributed by atoms with van der Waals surface area (Å²) in [6.07, 6.45) is 1.14. The lowest BCUT2D eigenvalue weighted by atomic mass is 10.1. The fourth-order valence-corrected chi connectivity index (χ4v) is 4.81. The van der Waals surface area contributed by atoms with E-state index in [1.165, 1.54) is 46.7 Å². The SMILES string of the molecule is CN1CCN(CCCNc2cc(Cl)ccc2Sc2ccc3ccccc3c2)CC1. The van der Waals surface area contributed by atoms with Gasteiger partial charge in [0.2, 0.25) is 0 Å². The van der Waals surface area contributed by atoms with Crippen molar-refractivity contribution in [2.45, 2.75) is 16.2 Å². The molecule has 1 heterocycles. The Labute approximate surface area is 183 Å². The number of fused-ring (bicyclic) bond motifs is 1. The van der Waals surface area contributed by atoms with Gasteiger partial charge in [-0.05, 0) is 61.1 Å². The summed E-state index contributed by atoms with van der Waals surface area (Å²) in [4.78, 5) is 7.41. The lowest BCUT2D eigenvalue weighted by Gasteiger charge is -2.32. The van der Waals surface area contributed by atoms with Gasteiger partial charge in [-0.15, -0.1) is 0 Å². The van der Waals surface area contributed by atoms with Gasteiger partial charge in [0.05, 0.1) is 0 Å². The third-order valence-corrected chi connectivity index (χ3v) is 6.75. The molecule has 0 aliphatic carbocycles. The second-order valence-corrected chi connectivity index (χ2v) is 9.23. The van der Waals surface area contributed by atoms with E-state index in [0.29, 0.717) is 0 Å². The van der Waals surface area contributed by atoms with E-state index < -0.39 is 0 Å². The molecule has 152 valence electrons. The van der Waals surface area contributed by atoms with Gasteiger partial charge in [0, 0.05) is 53.2 Å². The molecule has 1 N–H and O–H groups in total. The van der Waals surface area contributed by atoms with Crippen molar-refractivity contribution < 1.29 is 0 Å². The smallest absolute Gasteiger partial charge is 0.0496 e. The van der Waals surface area contributed by atoms with Crippen LogP contribution in [0.2, 0.25) is 5.02 Å². The summed E-state index contributed by atoms with van der Waals surface area (Å²) < 4.78 is 0. The fourth-order valence-electron chi connectivity index (χ4n) is 3.68. The normalized spacial score (nSPS) is 15.7. The number of halogens is 1. The predicted molar refractivity (Wildman–Crippen MR) is 127 cm³/mol. The molecule has 0 spiro atoms. The maximum absolute atomic E-state index is 6.28. The lowest BCUT2D eigenvalue weighted by Crippen LogP contribution is -2.44. The summed E-state index contributed by atoms with van der Waals surface area (Å²) in [7, 11) is 2.20. The van der Waals surface area contributed by atoms with Crippen molar-refractivity contribution in [3.63, 3.8) is 0 Å². The standard InChI is InChI=1S/C24H28ClN3S/c1-27-13-15-28(16-14-27)12-4-11-26-23-18-21(25)8-10-24(23)29-22-9-7-19-5-2-3-6-20(19)17-22/h2-3,5-10,17-18,26H,4,11-16H2,1H3. The van der Waals surface area contributed by atoms with Crippen LogP contribution in [0.3, 0.4) is 0 Å². The largest absolute Gasteiger partial charge is 0.384 e. The number of piperazine rings is 1. The molecule has 1 saturated heterocycles. The summed E-state index contributed by atoms with van der Waals surface area (Å²) in [5.74, 6) is 0. The third-order valence-electron chi connectivity index (χ3n) is 5.45. The van der Waals surface area contributed by atoms with Crippen LogP contribution >= 0.6 is 23.4 Å². The molecule has 0 unspecified atom stereocenters. The molecule has 0 radical (unpaired) electrons. The van der Waals surface area contributed by atoms with Crippen molar-refractivity contribution in [2.75, 3.05) is 51.6 Å². The van der Waals surface area contributed by atoms with Crippen LogP contribution in [0.1, 0.15) is 6.42 Å². The number of nitrogens with zero attached hydrogens (tertiary/aromatic N) is 2. The number of hydrogen-bond donors (Lipinski definition) is 1. The number of rotatable bonds is 7. The van der Waals surface area contributed by atoms with E-state index in [1.54, 1.807) is 11.8 Å². The van der Waals surface area contributed by atoms with Crippen LogP contribution < -0.4 is 5.32 Å². The zero-order chi connectivity index (χ0) is 20.1. The second kappa shape index (κ2) is 9.86. The van der Waals surface area contributed by atoms with E-state index >= 15 is 0 Å². The first-order valence-corrected chi connectivity index (χ1v) is 11.5. The van der Waals surface area contributed by atoms with Gasteiger partial charge >= 0.3 is 0 Å². The minimum absolute atomic E-state index is 0.773. The molecule has 1 aliphatic rings. The van der Waals surface area contributed by atoms with E-state index in [4.69, 9.17) is 11.6 Å². The van der Waals surface area contributed by atoms with Gasteiger partial charge in [-0.2, -0.15) is 0 Å². The molecule has 4 rings (SSSR count). The number of benzene rings is 3. The Morgan fingerprint density at radius 2 is 1.72 bits per heavy atom. The van der Waals surface area contributed by atoms with Crippen LogP contribution in [0.5, 0.6) is 0 Å². The first-order chi connectivity index (χ1) is 14.2. The Morgan fingerprint density at radius 3 is 2.55 bits per heavy atom. The number of anilines is 1. The van der Waals surface area contributed by atoms with Crippen LogP contribution in [0.4, 0.5) is 5.69 Å². The maximum atomic E-state index is 6.28. The molecule has 1 fully saturated rings.